The van der Waals surface area contributed by atoms with Crippen molar-refractivity contribution in [3.8, 4) is 11.3 Å². The third-order valence-corrected chi connectivity index (χ3v) is 10.2. The van der Waals surface area contributed by atoms with E-state index in [1.54, 1.807) is 10.4 Å². The van der Waals surface area contributed by atoms with E-state index >= 15 is 4.39 Å². The molecule has 3 aliphatic rings. The largest absolute Gasteiger partial charge is 0.478 e. The number of thiazole rings is 1. The van der Waals surface area contributed by atoms with Crippen LogP contribution in [0.5, 0.6) is 0 Å². The zero-order valence-electron chi connectivity index (χ0n) is 23.3. The van der Waals surface area contributed by atoms with E-state index in [4.69, 9.17) is 11.6 Å². The predicted octanol–water partition coefficient (Wildman–Crippen LogP) is 6.43. The van der Waals surface area contributed by atoms with Gasteiger partial charge in [0.2, 0.25) is 5.91 Å². The Hall–Kier alpha value is -4.10. The van der Waals surface area contributed by atoms with Crippen LogP contribution < -0.4 is 0 Å². The first-order valence-corrected chi connectivity index (χ1v) is 15.4. The van der Waals surface area contributed by atoms with E-state index in [0.717, 1.165) is 21.3 Å². The summed E-state index contributed by atoms with van der Waals surface area (Å²) in [6.07, 6.45) is -4.41. The van der Waals surface area contributed by atoms with Crippen LogP contribution in [0.2, 0.25) is 5.02 Å². The second-order valence-corrected chi connectivity index (χ2v) is 12.9. The van der Waals surface area contributed by atoms with E-state index < -0.39 is 35.2 Å². The summed E-state index contributed by atoms with van der Waals surface area (Å²) in [5.41, 5.74) is 0.150. The van der Waals surface area contributed by atoms with Gasteiger partial charge in [-0.05, 0) is 55.5 Å². The maximum absolute atomic E-state index is 15.3. The molecule has 1 saturated carbocycles. The molecule has 2 aromatic heterocycles. The van der Waals surface area contributed by atoms with Gasteiger partial charge in [-0.2, -0.15) is 23.0 Å². The highest BCUT2D eigenvalue weighted by Gasteiger charge is 2.65. The van der Waals surface area contributed by atoms with Crippen LogP contribution >= 0.6 is 22.9 Å². The number of alkyl halides is 3. The van der Waals surface area contributed by atoms with Crippen molar-refractivity contribution in [1.82, 2.24) is 19.7 Å². The van der Waals surface area contributed by atoms with E-state index in [2.05, 4.69) is 10.1 Å². The van der Waals surface area contributed by atoms with E-state index in [-0.39, 0.29) is 70.3 Å². The third kappa shape index (κ3) is 4.75. The summed E-state index contributed by atoms with van der Waals surface area (Å²) in [4.78, 5) is 46.3. The molecule has 0 bridgehead atoms. The maximum Gasteiger partial charge on any atom is 0.398 e. The molecule has 14 heteroatoms. The monoisotopic (exact) mass is 658 g/mol. The van der Waals surface area contributed by atoms with E-state index in [9.17, 15) is 32.7 Å². The first kappa shape index (κ1) is 29.6. The number of carboxylic acids is 1. The molecule has 7 rings (SSSR count). The normalized spacial score (nSPS) is 18.4. The maximum atomic E-state index is 15.3. The summed E-state index contributed by atoms with van der Waals surface area (Å²) in [6.45, 7) is 0.767. The number of aromatic nitrogens is 3. The van der Waals surface area contributed by atoms with Crippen molar-refractivity contribution in [2.75, 3.05) is 0 Å². The fourth-order valence-corrected chi connectivity index (χ4v) is 7.55. The number of aromatic carboxylic acids is 1. The molecular weight excluding hydrogens is 636 g/mol. The first-order valence-electron chi connectivity index (χ1n) is 14.1. The lowest BCUT2D eigenvalue weighted by molar-refractivity contribution is -0.160. The van der Waals surface area contributed by atoms with Crippen molar-refractivity contribution >= 4 is 40.7 Å². The number of carboxylic acid groups (broad SMARTS) is 1. The molecule has 0 saturated heterocycles. The van der Waals surface area contributed by atoms with Crippen LogP contribution in [0.15, 0.2) is 41.9 Å². The topological polar surface area (TPSA) is 105 Å². The van der Waals surface area contributed by atoms with Crippen LogP contribution in [-0.2, 0) is 36.1 Å². The van der Waals surface area contributed by atoms with Gasteiger partial charge in [-0.1, -0.05) is 23.7 Å². The minimum atomic E-state index is -4.62. The summed E-state index contributed by atoms with van der Waals surface area (Å²) in [6, 6.07) is 7.22. The average molecular weight is 659 g/mol. The predicted molar refractivity (Wildman–Crippen MR) is 155 cm³/mol. The van der Waals surface area contributed by atoms with Gasteiger partial charge >= 0.3 is 12.1 Å². The van der Waals surface area contributed by atoms with Gasteiger partial charge in [0.25, 0.3) is 5.91 Å². The Balaban J connectivity index is 1.33. The Morgan fingerprint density at radius 1 is 1.11 bits per heavy atom. The second kappa shape index (κ2) is 10.5. The van der Waals surface area contributed by atoms with Crippen LogP contribution in [0.4, 0.5) is 17.6 Å². The molecule has 1 atom stereocenters. The Bertz CT molecular complexity index is 1890. The quantitative estimate of drug-likeness (QED) is 0.248. The Morgan fingerprint density at radius 2 is 1.89 bits per heavy atom. The number of halogens is 5. The standard InChI is InChI=1S/C31H23ClF4N4O4S/c32-20-3-1-2-19(30(8-9-30)31(34,35)36)25(20)28(42)40-23-11-15(27(41)39-12-22-24(13-39)45-14-37-22)4-7-18(23)26(38-40)17-6-5-16(29(43)44)10-21(17)33/h1-3,5-6,10,14-15H,4,7-9,11-13H2,(H,43,44). The highest BCUT2D eigenvalue weighted by molar-refractivity contribution is 7.09. The Kier molecular flexibility index (Phi) is 6.89. The first-order chi connectivity index (χ1) is 21.4. The van der Waals surface area contributed by atoms with Crippen molar-refractivity contribution in [2.24, 2.45) is 5.92 Å². The van der Waals surface area contributed by atoms with Crippen molar-refractivity contribution < 1.29 is 37.1 Å². The summed E-state index contributed by atoms with van der Waals surface area (Å²) in [5.74, 6) is -3.87. The molecule has 1 aliphatic heterocycles. The van der Waals surface area contributed by atoms with Crippen LogP contribution in [0.25, 0.3) is 11.3 Å². The molecule has 1 fully saturated rings. The smallest absolute Gasteiger partial charge is 0.398 e. The highest BCUT2D eigenvalue weighted by Crippen LogP contribution is 2.60. The SMILES string of the molecule is O=C(O)c1ccc(-c2nn(C(=O)c3c(Cl)cccc3C3(C(F)(F)F)CC3)c3c2CCC(C(=O)N2Cc4ncsc4C2)C3)c(F)c1. The van der Waals surface area contributed by atoms with Gasteiger partial charge in [-0.25, -0.2) is 14.2 Å². The minimum Gasteiger partial charge on any atom is -0.478 e. The third-order valence-electron chi connectivity index (χ3n) is 9.03. The molecule has 1 N–H and O–H groups in total. The number of carbonyl (C=O) groups is 3. The lowest BCUT2D eigenvalue weighted by Crippen LogP contribution is -2.36. The zero-order chi connectivity index (χ0) is 31.8. The fourth-order valence-electron chi connectivity index (χ4n) is 6.50. The lowest BCUT2D eigenvalue weighted by Gasteiger charge is -2.27. The summed E-state index contributed by atoms with van der Waals surface area (Å²) >= 11 is 7.89. The molecule has 8 nitrogen and oxygen atoms in total. The number of hydrogen-bond donors (Lipinski definition) is 1. The van der Waals surface area contributed by atoms with Gasteiger partial charge in [-0.3, -0.25) is 9.59 Å². The van der Waals surface area contributed by atoms with Crippen LogP contribution in [-0.4, -0.2) is 48.7 Å². The van der Waals surface area contributed by atoms with Gasteiger partial charge in [0.15, 0.2) is 0 Å². The molecule has 0 spiro atoms. The Morgan fingerprint density at radius 3 is 2.56 bits per heavy atom. The van der Waals surface area contributed by atoms with Gasteiger partial charge in [0.05, 0.1) is 57.2 Å². The molecule has 2 aliphatic carbocycles. The van der Waals surface area contributed by atoms with Gasteiger partial charge in [-0.15, -0.1) is 11.3 Å². The Labute approximate surface area is 262 Å². The lowest BCUT2D eigenvalue weighted by atomic mass is 9.84. The number of rotatable bonds is 5. The molecule has 3 heterocycles. The van der Waals surface area contributed by atoms with Crippen molar-refractivity contribution in [3.05, 3.63) is 91.3 Å². The molecular formula is C31H23ClF4N4O4S. The minimum absolute atomic E-state index is 0.0313. The number of amides is 1. The number of nitrogens with zero attached hydrogens (tertiary/aromatic N) is 4. The van der Waals surface area contributed by atoms with Crippen molar-refractivity contribution in [3.63, 3.8) is 0 Å². The van der Waals surface area contributed by atoms with Gasteiger partial charge < -0.3 is 10.0 Å². The van der Waals surface area contributed by atoms with E-state index in [0.29, 0.717) is 25.1 Å². The van der Waals surface area contributed by atoms with Gasteiger partial charge in [0, 0.05) is 28.3 Å². The molecule has 232 valence electrons. The zero-order valence-corrected chi connectivity index (χ0v) is 24.9. The van der Waals surface area contributed by atoms with Crippen LogP contribution in [0.1, 0.15) is 67.4 Å². The van der Waals surface area contributed by atoms with Gasteiger partial charge in [0.1, 0.15) is 5.82 Å². The highest BCUT2D eigenvalue weighted by atomic mass is 35.5. The molecule has 4 aromatic rings. The summed E-state index contributed by atoms with van der Waals surface area (Å²) < 4.78 is 59.0. The van der Waals surface area contributed by atoms with E-state index in [1.165, 1.54) is 41.7 Å². The van der Waals surface area contributed by atoms with Crippen molar-refractivity contribution in [1.29, 1.82) is 0 Å². The van der Waals surface area contributed by atoms with Crippen LogP contribution in [0.3, 0.4) is 0 Å². The van der Waals surface area contributed by atoms with Crippen LogP contribution in [0, 0.1) is 11.7 Å². The van der Waals surface area contributed by atoms with Crippen molar-refractivity contribution in [2.45, 2.75) is 56.8 Å². The average Bonchev–Trinajstić information content (AvgIpc) is 3.35. The van der Waals surface area contributed by atoms with E-state index in [1.807, 2.05) is 0 Å². The molecule has 1 amide bonds. The number of fused-ring (bicyclic) bond motifs is 2. The number of carbonyl (C=O) groups excluding carboxylic acids is 2. The number of hydrogen-bond acceptors (Lipinski definition) is 6. The fraction of sp³-hybridized carbons (Fsp3) is 0.323. The molecule has 45 heavy (non-hydrogen) atoms. The summed E-state index contributed by atoms with van der Waals surface area (Å²) in [5, 5.41) is 13.6. The molecule has 1 unspecified atom stereocenters. The molecule has 0 radical (unpaired) electrons. The molecule has 2 aromatic carbocycles. The number of benzene rings is 2. The second-order valence-electron chi connectivity index (χ2n) is 11.6. The summed E-state index contributed by atoms with van der Waals surface area (Å²) in [7, 11) is 0.